The van der Waals surface area contributed by atoms with Gasteiger partial charge in [0.15, 0.2) is 0 Å². The van der Waals surface area contributed by atoms with Gasteiger partial charge in [-0.1, -0.05) is 11.6 Å². The average molecular weight is 280 g/mol. The van der Waals surface area contributed by atoms with Crippen LogP contribution in [0.15, 0.2) is 24.7 Å². The molecule has 0 saturated heterocycles. The van der Waals surface area contributed by atoms with Crippen molar-refractivity contribution >= 4 is 23.3 Å². The van der Waals surface area contributed by atoms with Crippen molar-refractivity contribution in [2.45, 2.75) is 6.54 Å². The van der Waals surface area contributed by atoms with Gasteiger partial charge in [-0.05, 0) is 6.07 Å². The second-order valence-electron chi connectivity index (χ2n) is 4.31. The summed E-state index contributed by atoms with van der Waals surface area (Å²) in [7, 11) is 3.41. The number of nitrogen functional groups attached to an aromatic ring is 1. The summed E-state index contributed by atoms with van der Waals surface area (Å²) in [5.74, 6) is 0.267. The molecule has 0 aromatic carbocycles. The van der Waals surface area contributed by atoms with Crippen molar-refractivity contribution in [1.82, 2.24) is 19.7 Å². The lowest BCUT2D eigenvalue weighted by Crippen LogP contribution is -2.26. The van der Waals surface area contributed by atoms with E-state index in [-0.39, 0.29) is 12.5 Å². The van der Waals surface area contributed by atoms with Gasteiger partial charge >= 0.3 is 0 Å². The largest absolute Gasteiger partial charge is 0.382 e. The molecule has 0 saturated carbocycles. The van der Waals surface area contributed by atoms with Gasteiger partial charge in [-0.3, -0.25) is 9.48 Å². The second kappa shape index (κ2) is 5.27. The third-order valence-electron chi connectivity index (χ3n) is 2.63. The second-order valence-corrected chi connectivity index (χ2v) is 4.71. The van der Waals surface area contributed by atoms with Crippen molar-refractivity contribution in [3.63, 3.8) is 0 Å². The third-order valence-corrected chi connectivity index (χ3v) is 2.94. The number of amides is 1. The zero-order chi connectivity index (χ0) is 14.0. The number of carbonyl (C=O) groups is 1. The van der Waals surface area contributed by atoms with E-state index in [9.17, 15) is 4.79 Å². The molecule has 1 amide bonds. The molecule has 2 aromatic heterocycles. The van der Waals surface area contributed by atoms with Crippen LogP contribution in [-0.4, -0.2) is 39.7 Å². The highest BCUT2D eigenvalue weighted by molar-refractivity contribution is 6.33. The quantitative estimate of drug-likeness (QED) is 0.918. The van der Waals surface area contributed by atoms with E-state index in [4.69, 9.17) is 17.3 Å². The molecular weight excluding hydrogens is 266 g/mol. The highest BCUT2D eigenvalue weighted by Gasteiger charge is 2.09. The number of rotatable bonds is 3. The Labute approximate surface area is 115 Å². The minimum absolute atomic E-state index is 0.0249. The Morgan fingerprint density at radius 3 is 2.79 bits per heavy atom. The van der Waals surface area contributed by atoms with Crippen molar-refractivity contribution in [3.8, 4) is 11.1 Å². The maximum Gasteiger partial charge on any atom is 0.243 e. The predicted molar refractivity (Wildman–Crippen MR) is 73.6 cm³/mol. The number of nitrogens with two attached hydrogens (primary N) is 1. The molecule has 0 unspecified atom stereocenters. The lowest BCUT2D eigenvalue weighted by atomic mass is 10.2. The topological polar surface area (TPSA) is 77.0 Å². The van der Waals surface area contributed by atoms with Crippen LogP contribution in [0.3, 0.4) is 0 Å². The molecule has 0 aliphatic carbocycles. The molecule has 0 bridgehead atoms. The highest BCUT2D eigenvalue weighted by Crippen LogP contribution is 2.24. The summed E-state index contributed by atoms with van der Waals surface area (Å²) in [6.45, 7) is 0.198. The highest BCUT2D eigenvalue weighted by atomic mass is 35.5. The third kappa shape index (κ3) is 3.03. The Hall–Kier alpha value is -2.08. The number of anilines is 1. The van der Waals surface area contributed by atoms with Crippen molar-refractivity contribution in [3.05, 3.63) is 29.7 Å². The standard InChI is InChI=1S/C12H14ClN5O/c1-17(2)11(19)7-18-6-9(5-16-18)8-3-10(13)12(14)15-4-8/h3-6H,7H2,1-2H3,(H2,14,15). The first kappa shape index (κ1) is 13.4. The number of aromatic nitrogens is 3. The fourth-order valence-electron chi connectivity index (χ4n) is 1.49. The number of nitrogens with zero attached hydrogens (tertiary/aromatic N) is 4. The van der Waals surface area contributed by atoms with Crippen LogP contribution < -0.4 is 5.73 Å². The summed E-state index contributed by atoms with van der Waals surface area (Å²) in [4.78, 5) is 17.1. The summed E-state index contributed by atoms with van der Waals surface area (Å²) >= 11 is 5.92. The Morgan fingerprint density at radius 2 is 2.16 bits per heavy atom. The van der Waals surface area contributed by atoms with E-state index in [1.165, 1.54) is 4.90 Å². The lowest BCUT2D eigenvalue weighted by molar-refractivity contribution is -0.129. The SMILES string of the molecule is CN(C)C(=O)Cn1cc(-c2cnc(N)c(Cl)c2)cn1. The predicted octanol–water partition coefficient (Wildman–Crippen LogP) is 1.27. The first-order chi connectivity index (χ1) is 8.97. The molecule has 0 spiro atoms. The number of pyridine rings is 1. The molecule has 0 aliphatic heterocycles. The van der Waals surface area contributed by atoms with Crippen LogP contribution in [0.4, 0.5) is 5.82 Å². The number of likely N-dealkylation sites (N-methyl/N-ethyl adjacent to an activating group) is 1. The monoisotopic (exact) mass is 279 g/mol. The number of halogens is 1. The van der Waals surface area contributed by atoms with Gasteiger partial charge in [-0.2, -0.15) is 5.10 Å². The summed E-state index contributed by atoms with van der Waals surface area (Å²) in [6.07, 6.45) is 5.05. The van der Waals surface area contributed by atoms with Crippen molar-refractivity contribution in [2.75, 3.05) is 19.8 Å². The normalized spacial score (nSPS) is 10.5. The van der Waals surface area contributed by atoms with Crippen LogP contribution in [-0.2, 0) is 11.3 Å². The van der Waals surface area contributed by atoms with Gasteiger partial charge in [0.2, 0.25) is 5.91 Å². The van der Waals surface area contributed by atoms with Gasteiger partial charge in [0, 0.05) is 37.6 Å². The van der Waals surface area contributed by atoms with Gasteiger partial charge in [0.1, 0.15) is 12.4 Å². The number of hydrogen-bond acceptors (Lipinski definition) is 4. The van der Waals surface area contributed by atoms with Crippen LogP contribution in [0.2, 0.25) is 5.02 Å². The molecule has 2 aromatic rings. The van der Waals surface area contributed by atoms with E-state index in [0.717, 1.165) is 11.1 Å². The first-order valence-corrected chi connectivity index (χ1v) is 5.99. The van der Waals surface area contributed by atoms with E-state index < -0.39 is 0 Å². The van der Waals surface area contributed by atoms with Crippen LogP contribution in [0.1, 0.15) is 0 Å². The molecular formula is C12H14ClN5O. The van der Waals surface area contributed by atoms with Crippen LogP contribution in [0, 0.1) is 0 Å². The van der Waals surface area contributed by atoms with Gasteiger partial charge in [-0.15, -0.1) is 0 Å². The zero-order valence-corrected chi connectivity index (χ0v) is 11.4. The lowest BCUT2D eigenvalue weighted by Gasteiger charge is -2.09. The summed E-state index contributed by atoms with van der Waals surface area (Å²) < 4.78 is 1.57. The first-order valence-electron chi connectivity index (χ1n) is 5.61. The van der Waals surface area contributed by atoms with Crippen LogP contribution in [0.5, 0.6) is 0 Å². The molecule has 0 atom stereocenters. The zero-order valence-electron chi connectivity index (χ0n) is 10.7. The number of hydrogen-bond donors (Lipinski definition) is 1. The molecule has 2 N–H and O–H groups in total. The van der Waals surface area contributed by atoms with Crippen molar-refractivity contribution in [1.29, 1.82) is 0 Å². The Bertz CT molecular complexity index is 608. The van der Waals surface area contributed by atoms with Gasteiger partial charge in [-0.25, -0.2) is 4.98 Å². The average Bonchev–Trinajstić information content (AvgIpc) is 2.81. The van der Waals surface area contributed by atoms with E-state index in [1.807, 2.05) is 0 Å². The molecule has 2 heterocycles. The van der Waals surface area contributed by atoms with Crippen LogP contribution >= 0.6 is 11.6 Å². The molecule has 0 aliphatic rings. The van der Waals surface area contributed by atoms with Gasteiger partial charge < -0.3 is 10.6 Å². The van der Waals surface area contributed by atoms with E-state index in [1.54, 1.807) is 43.4 Å². The van der Waals surface area contributed by atoms with Gasteiger partial charge in [0.05, 0.1) is 11.2 Å². The molecule has 0 radical (unpaired) electrons. The fraction of sp³-hybridized carbons (Fsp3) is 0.250. The molecule has 2 rings (SSSR count). The van der Waals surface area contributed by atoms with Crippen molar-refractivity contribution in [2.24, 2.45) is 0 Å². The van der Waals surface area contributed by atoms with E-state index >= 15 is 0 Å². The summed E-state index contributed by atoms with van der Waals surface area (Å²) in [6, 6.07) is 1.72. The van der Waals surface area contributed by atoms with E-state index in [2.05, 4.69) is 10.1 Å². The Balaban J connectivity index is 2.21. The Kier molecular flexibility index (Phi) is 3.71. The smallest absolute Gasteiger partial charge is 0.243 e. The van der Waals surface area contributed by atoms with Crippen molar-refractivity contribution < 1.29 is 4.79 Å². The minimum atomic E-state index is -0.0249. The van der Waals surface area contributed by atoms with E-state index in [0.29, 0.717) is 10.8 Å². The Morgan fingerprint density at radius 1 is 1.42 bits per heavy atom. The molecule has 19 heavy (non-hydrogen) atoms. The fourth-order valence-corrected chi connectivity index (χ4v) is 1.65. The maximum absolute atomic E-state index is 11.6. The molecule has 0 fully saturated rings. The summed E-state index contributed by atoms with van der Waals surface area (Å²) in [5, 5.41) is 4.53. The molecule has 100 valence electrons. The van der Waals surface area contributed by atoms with Crippen LogP contribution in [0.25, 0.3) is 11.1 Å². The van der Waals surface area contributed by atoms with Gasteiger partial charge in [0.25, 0.3) is 0 Å². The summed E-state index contributed by atoms with van der Waals surface area (Å²) in [5.41, 5.74) is 7.20. The molecule has 6 nitrogen and oxygen atoms in total. The number of carbonyl (C=O) groups excluding carboxylic acids is 1. The molecule has 7 heteroatoms. The maximum atomic E-state index is 11.6. The minimum Gasteiger partial charge on any atom is -0.382 e.